The molecule has 1 unspecified atom stereocenters. The average Bonchev–Trinajstić information content (AvgIpc) is 3.21. The number of aryl methyl sites for hydroxylation is 1. The molecule has 2 heterocycles. The van der Waals surface area contributed by atoms with Crippen molar-refractivity contribution in [2.24, 2.45) is 0 Å². The summed E-state index contributed by atoms with van der Waals surface area (Å²) in [6, 6.07) is 6.27. The number of hydrogen-bond donors (Lipinski definition) is 3. The van der Waals surface area contributed by atoms with Crippen molar-refractivity contribution in [3.8, 4) is 5.75 Å². The minimum atomic E-state index is -3.47. The van der Waals surface area contributed by atoms with Crippen LogP contribution in [0.25, 0.3) is 10.9 Å². The lowest BCUT2D eigenvalue weighted by Gasteiger charge is -2.42. The van der Waals surface area contributed by atoms with Crippen molar-refractivity contribution in [3.05, 3.63) is 64.4 Å². The number of alkyl halides is 3. The van der Waals surface area contributed by atoms with E-state index in [1.165, 1.54) is 11.0 Å². The predicted octanol–water partition coefficient (Wildman–Crippen LogP) is 5.05. The van der Waals surface area contributed by atoms with Gasteiger partial charge in [-0.1, -0.05) is 11.6 Å². The van der Waals surface area contributed by atoms with E-state index < -0.39 is 55.0 Å². The molecule has 4 rings (SSSR count). The summed E-state index contributed by atoms with van der Waals surface area (Å²) in [5.41, 5.74) is 2.61. The number of nitrogens with zero attached hydrogens (tertiary/aromatic N) is 1. The van der Waals surface area contributed by atoms with Crippen LogP contribution in [0, 0.1) is 18.6 Å². The second-order valence-corrected chi connectivity index (χ2v) is 9.62. The second kappa shape index (κ2) is 11.4. The number of nitrogens with one attached hydrogen (secondary N) is 2. The number of aliphatic hydroxyl groups is 1. The topological polar surface area (TPSA) is 60.5 Å². The Morgan fingerprint density at radius 3 is 2.70 bits per heavy atom. The normalized spacial score (nSPS) is 18.4. The zero-order valence-corrected chi connectivity index (χ0v) is 20.9. The van der Waals surface area contributed by atoms with Crippen molar-refractivity contribution in [1.82, 2.24) is 15.2 Å². The van der Waals surface area contributed by atoms with Gasteiger partial charge in [0.25, 0.3) is 5.92 Å². The summed E-state index contributed by atoms with van der Waals surface area (Å²) in [5, 5.41) is 13.1. The van der Waals surface area contributed by atoms with Crippen LogP contribution in [0.2, 0.25) is 0 Å². The Morgan fingerprint density at radius 1 is 1.19 bits per heavy atom. The summed E-state index contributed by atoms with van der Waals surface area (Å²) in [6.45, 7) is 1.77. The van der Waals surface area contributed by atoms with Crippen molar-refractivity contribution in [2.75, 3.05) is 39.5 Å². The Kier molecular flexibility index (Phi) is 8.40. The van der Waals surface area contributed by atoms with Gasteiger partial charge in [0, 0.05) is 29.2 Å². The Labute approximate surface area is 212 Å². The molecule has 0 aliphatic carbocycles. The molecule has 0 saturated carbocycles. The van der Waals surface area contributed by atoms with Crippen LogP contribution in [0.1, 0.15) is 41.8 Å². The molecule has 0 bridgehead atoms. The molecule has 2 atom stereocenters. The zero-order chi connectivity index (χ0) is 26.7. The average molecular weight is 526 g/mol. The number of aromatic nitrogens is 1. The van der Waals surface area contributed by atoms with Crippen LogP contribution < -0.4 is 10.1 Å². The fraction of sp³-hybridized carbons (Fsp3) is 0.481. The fourth-order valence-corrected chi connectivity index (χ4v) is 5.00. The molecule has 5 nitrogen and oxygen atoms in total. The molecule has 1 aliphatic rings. The lowest BCUT2D eigenvalue weighted by atomic mass is 9.87. The van der Waals surface area contributed by atoms with Crippen molar-refractivity contribution >= 4 is 10.9 Å². The monoisotopic (exact) mass is 525 g/mol. The van der Waals surface area contributed by atoms with Crippen LogP contribution in [0.5, 0.6) is 5.75 Å². The molecule has 1 aliphatic heterocycles. The molecule has 37 heavy (non-hydrogen) atoms. The Balaban J connectivity index is 1.77. The maximum Gasteiger partial charge on any atom is 0.283 e. The molecular formula is C27H32F5N3O2. The van der Waals surface area contributed by atoms with Gasteiger partial charge >= 0.3 is 0 Å². The summed E-state index contributed by atoms with van der Waals surface area (Å²) >= 11 is 0. The summed E-state index contributed by atoms with van der Waals surface area (Å²) < 4.78 is 77.9. The van der Waals surface area contributed by atoms with Crippen LogP contribution in [0.15, 0.2) is 30.3 Å². The van der Waals surface area contributed by atoms with Gasteiger partial charge in [0.15, 0.2) is 11.6 Å². The molecule has 3 N–H and O–H groups in total. The number of aliphatic hydroxyl groups excluding tert-OH is 1. The molecule has 10 heteroatoms. The van der Waals surface area contributed by atoms with E-state index in [4.69, 9.17) is 4.74 Å². The van der Waals surface area contributed by atoms with Gasteiger partial charge in [0.2, 0.25) is 0 Å². The van der Waals surface area contributed by atoms with Crippen LogP contribution in [-0.4, -0.2) is 66.5 Å². The molecule has 0 saturated heterocycles. The molecule has 3 aromatic rings. The molecule has 0 amide bonds. The highest BCUT2D eigenvalue weighted by molar-refractivity contribution is 5.86. The third kappa shape index (κ3) is 5.76. The molecule has 0 fully saturated rings. The third-order valence-corrected chi connectivity index (χ3v) is 6.80. The summed E-state index contributed by atoms with van der Waals surface area (Å²) in [5.74, 6) is -5.53. The largest absolute Gasteiger partial charge is 0.489 e. The summed E-state index contributed by atoms with van der Waals surface area (Å²) in [6.07, 6.45) is 0.733. The molecule has 2 aromatic carbocycles. The Morgan fingerprint density at radius 2 is 1.97 bits per heavy atom. The SMILES string of the molecule is Cc1ccc2[nH]c3c(c2c1)C[C@@H](C)N(CC(F)(F)CO)C3c1c(F)ccc(OCCNCCCF)c1F. The van der Waals surface area contributed by atoms with E-state index >= 15 is 8.78 Å². The third-order valence-electron chi connectivity index (χ3n) is 6.80. The zero-order valence-electron chi connectivity index (χ0n) is 20.9. The summed E-state index contributed by atoms with van der Waals surface area (Å²) in [7, 11) is 0. The number of benzene rings is 2. The van der Waals surface area contributed by atoms with E-state index in [1.54, 1.807) is 6.92 Å². The molecule has 0 spiro atoms. The van der Waals surface area contributed by atoms with Gasteiger partial charge in [-0.2, -0.15) is 0 Å². The summed E-state index contributed by atoms with van der Waals surface area (Å²) in [4.78, 5) is 4.57. The van der Waals surface area contributed by atoms with Gasteiger partial charge < -0.3 is 20.1 Å². The van der Waals surface area contributed by atoms with Crippen LogP contribution in [0.4, 0.5) is 22.0 Å². The van der Waals surface area contributed by atoms with Gasteiger partial charge in [-0.15, -0.1) is 0 Å². The number of fused-ring (bicyclic) bond motifs is 3. The van der Waals surface area contributed by atoms with Crippen molar-refractivity contribution in [3.63, 3.8) is 0 Å². The second-order valence-electron chi connectivity index (χ2n) is 9.62. The first-order valence-electron chi connectivity index (χ1n) is 12.4. The first kappa shape index (κ1) is 27.3. The van der Waals surface area contributed by atoms with Gasteiger partial charge in [0.1, 0.15) is 19.0 Å². The highest BCUT2D eigenvalue weighted by Gasteiger charge is 2.43. The Hall–Kier alpha value is -2.69. The van der Waals surface area contributed by atoms with Gasteiger partial charge in [-0.05, 0) is 63.1 Å². The van der Waals surface area contributed by atoms with E-state index in [9.17, 15) is 18.3 Å². The van der Waals surface area contributed by atoms with Gasteiger partial charge in [-0.3, -0.25) is 9.29 Å². The smallest absolute Gasteiger partial charge is 0.283 e. The van der Waals surface area contributed by atoms with Crippen molar-refractivity contribution in [2.45, 2.75) is 44.7 Å². The Bertz CT molecular complexity index is 1230. The highest BCUT2D eigenvalue weighted by atomic mass is 19.3. The van der Waals surface area contributed by atoms with Crippen LogP contribution in [-0.2, 0) is 6.42 Å². The van der Waals surface area contributed by atoms with Crippen molar-refractivity contribution < 1.29 is 31.8 Å². The van der Waals surface area contributed by atoms with E-state index in [0.29, 0.717) is 31.6 Å². The number of aromatic amines is 1. The number of halogens is 5. The van der Waals surface area contributed by atoms with Gasteiger partial charge in [-0.25, -0.2) is 17.6 Å². The molecular weight excluding hydrogens is 493 g/mol. The van der Waals surface area contributed by atoms with Crippen molar-refractivity contribution in [1.29, 1.82) is 0 Å². The number of H-pyrrole nitrogens is 1. The quantitative estimate of drug-likeness (QED) is 0.242. The lowest BCUT2D eigenvalue weighted by Crippen LogP contribution is -2.49. The first-order chi connectivity index (χ1) is 17.7. The van der Waals surface area contributed by atoms with E-state index in [-0.39, 0.29) is 12.4 Å². The number of rotatable bonds is 11. The maximum atomic E-state index is 15.9. The number of ether oxygens (including phenoxy) is 1. The first-order valence-corrected chi connectivity index (χ1v) is 12.4. The van der Waals surface area contributed by atoms with E-state index in [2.05, 4.69) is 10.3 Å². The standard InChI is InChI=1S/C27H32F5N3O2/c1-16-4-6-21-18(12-16)19-13-17(2)35(14-27(31,32)15-36)26(25(19)34-21)23-20(29)5-7-22(24(23)30)37-11-10-33-9-3-8-28/h4-7,12,17,26,33-34,36H,3,8-11,13-15H2,1-2H3/t17-,26?/m1/s1. The van der Waals surface area contributed by atoms with Crippen LogP contribution in [0.3, 0.4) is 0 Å². The molecule has 1 aromatic heterocycles. The highest BCUT2D eigenvalue weighted by Crippen LogP contribution is 2.44. The van der Waals surface area contributed by atoms with E-state index in [0.717, 1.165) is 28.1 Å². The maximum absolute atomic E-state index is 15.9. The van der Waals surface area contributed by atoms with Gasteiger partial charge in [0.05, 0.1) is 24.8 Å². The minimum Gasteiger partial charge on any atom is -0.489 e. The fourth-order valence-electron chi connectivity index (χ4n) is 5.00. The van der Waals surface area contributed by atoms with Crippen LogP contribution >= 0.6 is 0 Å². The molecule has 0 radical (unpaired) electrons. The number of hydrogen-bond acceptors (Lipinski definition) is 4. The van der Waals surface area contributed by atoms with E-state index in [1.807, 2.05) is 25.1 Å². The predicted molar refractivity (Wildman–Crippen MR) is 132 cm³/mol. The minimum absolute atomic E-state index is 0.0541. The molecule has 202 valence electrons. The lowest BCUT2D eigenvalue weighted by molar-refractivity contribution is -0.0869.